The Kier molecular flexibility index (Phi) is 3.97. The third-order valence-electron chi connectivity index (χ3n) is 2.54. The normalized spacial score (nSPS) is 10.3. The number of nitrogens with zero attached hydrogens (tertiary/aromatic N) is 2. The molecule has 1 aromatic heterocycles. The summed E-state index contributed by atoms with van der Waals surface area (Å²) >= 11 is 11.9. The summed E-state index contributed by atoms with van der Waals surface area (Å²) in [5, 5.41) is 3.66. The predicted molar refractivity (Wildman–Crippen MR) is 77.5 cm³/mol. The molecule has 3 N–H and O–H groups in total. The Labute approximate surface area is 120 Å². The van der Waals surface area contributed by atoms with Crippen LogP contribution in [-0.2, 0) is 0 Å². The highest BCUT2D eigenvalue weighted by Gasteiger charge is 2.10. The summed E-state index contributed by atoms with van der Waals surface area (Å²) < 4.78 is 5.14. The summed E-state index contributed by atoms with van der Waals surface area (Å²) in [7, 11) is 1.58. The molecule has 1 heterocycles. The summed E-state index contributed by atoms with van der Waals surface area (Å²) in [6.07, 6.45) is 0. The number of aryl methyl sites for hydroxylation is 1. The van der Waals surface area contributed by atoms with Crippen LogP contribution >= 0.6 is 23.2 Å². The molecule has 2 aromatic rings. The van der Waals surface area contributed by atoms with Crippen LogP contribution in [0.5, 0.6) is 5.75 Å². The van der Waals surface area contributed by atoms with Gasteiger partial charge in [-0.2, -0.15) is 4.98 Å². The van der Waals surface area contributed by atoms with Crippen LogP contribution < -0.4 is 15.8 Å². The number of methoxy groups -OCH3 is 1. The van der Waals surface area contributed by atoms with Gasteiger partial charge in [0.1, 0.15) is 5.75 Å². The number of rotatable bonds is 3. The lowest BCUT2D eigenvalue weighted by Crippen LogP contribution is -2.04. The summed E-state index contributed by atoms with van der Waals surface area (Å²) in [5.41, 5.74) is 7.54. The van der Waals surface area contributed by atoms with E-state index in [0.717, 1.165) is 0 Å². The molecule has 0 spiro atoms. The van der Waals surface area contributed by atoms with E-state index in [1.165, 1.54) is 0 Å². The van der Waals surface area contributed by atoms with Crippen molar-refractivity contribution >= 4 is 40.4 Å². The van der Waals surface area contributed by atoms with Crippen molar-refractivity contribution < 1.29 is 4.74 Å². The first-order valence-electron chi connectivity index (χ1n) is 5.41. The molecule has 7 heteroatoms. The van der Waals surface area contributed by atoms with Gasteiger partial charge >= 0.3 is 0 Å². The maximum Gasteiger partial charge on any atom is 0.224 e. The van der Waals surface area contributed by atoms with Crippen LogP contribution in [0, 0.1) is 6.92 Å². The third-order valence-corrected chi connectivity index (χ3v) is 3.03. The van der Waals surface area contributed by atoms with Gasteiger partial charge in [0.05, 0.1) is 29.2 Å². The molecule has 0 aliphatic rings. The van der Waals surface area contributed by atoms with Gasteiger partial charge in [-0.1, -0.05) is 11.6 Å². The maximum absolute atomic E-state index is 6.10. The monoisotopic (exact) mass is 298 g/mol. The number of nitrogens with one attached hydrogen (secondary N) is 1. The van der Waals surface area contributed by atoms with Crippen LogP contribution in [0.1, 0.15) is 5.69 Å². The number of hydrogen-bond donors (Lipinski definition) is 2. The minimum atomic E-state index is 0.119. The standard InChI is InChI=1S/C12H12Cl2N4O/c1-6-10(15)11(18-12(14)16-6)17-9-5-7(19-2)3-4-8(9)13/h3-5H,15H2,1-2H3,(H,16,17,18). The predicted octanol–water partition coefficient (Wildman–Crippen LogP) is 3.43. The van der Waals surface area contributed by atoms with Gasteiger partial charge < -0.3 is 15.8 Å². The smallest absolute Gasteiger partial charge is 0.224 e. The van der Waals surface area contributed by atoms with Crippen LogP contribution in [0.4, 0.5) is 17.2 Å². The molecule has 0 aliphatic heterocycles. The Hall–Kier alpha value is -1.72. The molecular weight excluding hydrogens is 287 g/mol. The van der Waals surface area contributed by atoms with Gasteiger partial charge in [-0.05, 0) is 30.7 Å². The van der Waals surface area contributed by atoms with Crippen molar-refractivity contribution in [1.29, 1.82) is 0 Å². The zero-order chi connectivity index (χ0) is 14.0. The van der Waals surface area contributed by atoms with E-state index in [2.05, 4.69) is 15.3 Å². The number of ether oxygens (including phenoxy) is 1. The first kappa shape index (κ1) is 13.7. The molecule has 2 rings (SSSR count). The maximum atomic E-state index is 6.10. The molecule has 19 heavy (non-hydrogen) atoms. The fourth-order valence-corrected chi connectivity index (χ4v) is 1.87. The van der Waals surface area contributed by atoms with Crippen molar-refractivity contribution in [3.05, 3.63) is 34.2 Å². The molecule has 0 saturated carbocycles. The van der Waals surface area contributed by atoms with E-state index in [0.29, 0.717) is 33.7 Å². The van der Waals surface area contributed by atoms with Crippen molar-refractivity contribution in [2.24, 2.45) is 0 Å². The second-order valence-electron chi connectivity index (χ2n) is 3.81. The molecule has 100 valence electrons. The summed E-state index contributed by atoms with van der Waals surface area (Å²) in [6.45, 7) is 1.75. The van der Waals surface area contributed by atoms with Gasteiger partial charge in [0.15, 0.2) is 5.82 Å². The van der Waals surface area contributed by atoms with Crippen molar-refractivity contribution in [3.8, 4) is 5.75 Å². The van der Waals surface area contributed by atoms with Gasteiger partial charge in [-0.25, -0.2) is 4.98 Å². The fraction of sp³-hybridized carbons (Fsp3) is 0.167. The van der Waals surface area contributed by atoms with Crippen LogP contribution in [-0.4, -0.2) is 17.1 Å². The zero-order valence-electron chi connectivity index (χ0n) is 10.4. The molecule has 0 amide bonds. The van der Waals surface area contributed by atoms with E-state index < -0.39 is 0 Å². The Balaban J connectivity index is 2.41. The number of halogens is 2. The Morgan fingerprint density at radius 1 is 1.26 bits per heavy atom. The molecule has 5 nitrogen and oxygen atoms in total. The molecule has 0 fully saturated rings. The SMILES string of the molecule is COc1ccc(Cl)c(Nc2nc(Cl)nc(C)c2N)c1. The van der Waals surface area contributed by atoms with Gasteiger partial charge in [-0.3, -0.25) is 0 Å². The topological polar surface area (TPSA) is 73.1 Å². The third kappa shape index (κ3) is 3.00. The minimum Gasteiger partial charge on any atom is -0.497 e. The summed E-state index contributed by atoms with van der Waals surface area (Å²) in [5.74, 6) is 1.08. The van der Waals surface area contributed by atoms with Gasteiger partial charge in [0, 0.05) is 6.07 Å². The van der Waals surface area contributed by atoms with E-state index in [4.69, 9.17) is 33.7 Å². The van der Waals surface area contributed by atoms with Crippen LogP contribution in [0.15, 0.2) is 18.2 Å². The molecule has 0 aliphatic carbocycles. The lowest BCUT2D eigenvalue weighted by molar-refractivity contribution is 0.415. The van der Waals surface area contributed by atoms with Crippen molar-refractivity contribution in [3.63, 3.8) is 0 Å². The average molecular weight is 299 g/mol. The first-order chi connectivity index (χ1) is 9.01. The molecule has 0 atom stereocenters. The quantitative estimate of drug-likeness (QED) is 0.849. The van der Waals surface area contributed by atoms with E-state index in [-0.39, 0.29) is 5.28 Å². The van der Waals surface area contributed by atoms with Crippen LogP contribution in [0.3, 0.4) is 0 Å². The van der Waals surface area contributed by atoms with E-state index in [1.54, 1.807) is 32.2 Å². The van der Waals surface area contributed by atoms with E-state index >= 15 is 0 Å². The highest BCUT2D eigenvalue weighted by atomic mass is 35.5. The molecule has 0 radical (unpaired) electrons. The highest BCUT2D eigenvalue weighted by molar-refractivity contribution is 6.33. The van der Waals surface area contributed by atoms with E-state index in [9.17, 15) is 0 Å². The van der Waals surface area contributed by atoms with Gasteiger partial charge in [-0.15, -0.1) is 0 Å². The number of hydrogen-bond acceptors (Lipinski definition) is 5. The van der Waals surface area contributed by atoms with Crippen LogP contribution in [0.2, 0.25) is 10.3 Å². The number of nitrogens with two attached hydrogens (primary N) is 1. The number of benzene rings is 1. The molecule has 0 saturated heterocycles. The lowest BCUT2D eigenvalue weighted by atomic mass is 10.3. The van der Waals surface area contributed by atoms with Crippen LogP contribution in [0.25, 0.3) is 0 Å². The highest BCUT2D eigenvalue weighted by Crippen LogP contribution is 2.31. The van der Waals surface area contributed by atoms with Gasteiger partial charge in [0.2, 0.25) is 5.28 Å². The Morgan fingerprint density at radius 2 is 2.00 bits per heavy atom. The van der Waals surface area contributed by atoms with Crippen molar-refractivity contribution in [2.45, 2.75) is 6.92 Å². The second kappa shape index (κ2) is 5.50. The zero-order valence-corrected chi connectivity index (χ0v) is 11.9. The summed E-state index contributed by atoms with van der Waals surface area (Å²) in [6, 6.07) is 5.22. The number of anilines is 3. The van der Waals surface area contributed by atoms with Crippen molar-refractivity contribution in [1.82, 2.24) is 9.97 Å². The molecule has 0 bridgehead atoms. The fourth-order valence-electron chi connectivity index (χ4n) is 1.50. The molecule has 0 unspecified atom stereocenters. The lowest BCUT2D eigenvalue weighted by Gasteiger charge is -2.12. The second-order valence-corrected chi connectivity index (χ2v) is 4.56. The Bertz CT molecular complexity index is 619. The largest absolute Gasteiger partial charge is 0.497 e. The summed E-state index contributed by atoms with van der Waals surface area (Å²) in [4.78, 5) is 8.01. The first-order valence-corrected chi connectivity index (χ1v) is 6.17. The van der Waals surface area contributed by atoms with E-state index in [1.807, 2.05) is 0 Å². The Morgan fingerprint density at radius 3 is 2.68 bits per heavy atom. The number of aromatic nitrogens is 2. The van der Waals surface area contributed by atoms with Crippen molar-refractivity contribution in [2.75, 3.05) is 18.2 Å². The van der Waals surface area contributed by atoms with Gasteiger partial charge in [0.25, 0.3) is 0 Å². The number of nitrogen functional groups attached to an aromatic ring is 1. The average Bonchev–Trinajstić information content (AvgIpc) is 2.38. The minimum absolute atomic E-state index is 0.119. The molecular formula is C12H12Cl2N4O. The molecule has 1 aromatic carbocycles.